The van der Waals surface area contributed by atoms with Gasteiger partial charge in [0, 0.05) is 12.7 Å². The van der Waals surface area contributed by atoms with Gasteiger partial charge in [0.2, 0.25) is 0 Å². The monoisotopic (exact) mass is 222 g/mol. The average molecular weight is 222 g/mol. The molecule has 16 heavy (non-hydrogen) atoms. The average Bonchev–Trinajstić information content (AvgIpc) is 2.31. The maximum atomic E-state index is 5.49. The van der Waals surface area contributed by atoms with E-state index < -0.39 is 0 Å². The molecule has 0 radical (unpaired) electrons. The highest BCUT2D eigenvalue weighted by atomic mass is 16.5. The molecule has 0 bridgehead atoms. The molecule has 0 aromatic carbocycles. The fourth-order valence-corrected chi connectivity index (χ4v) is 1.55. The van der Waals surface area contributed by atoms with Gasteiger partial charge >= 0.3 is 0 Å². The third-order valence-corrected chi connectivity index (χ3v) is 2.39. The fourth-order valence-electron chi connectivity index (χ4n) is 1.55. The Kier molecular flexibility index (Phi) is 6.38. The van der Waals surface area contributed by atoms with Gasteiger partial charge in [0.15, 0.2) is 11.6 Å². The van der Waals surface area contributed by atoms with Crippen molar-refractivity contribution >= 4 is 5.82 Å². The number of nitrogens with zero attached hydrogens (tertiary/aromatic N) is 1. The molecular formula is C13H22N2O. The van der Waals surface area contributed by atoms with Crippen LogP contribution < -0.4 is 10.1 Å². The molecule has 0 fully saturated rings. The van der Waals surface area contributed by atoms with Crippen LogP contribution in [0.2, 0.25) is 0 Å². The minimum absolute atomic E-state index is 0.677. The predicted molar refractivity (Wildman–Crippen MR) is 68.0 cm³/mol. The van der Waals surface area contributed by atoms with Gasteiger partial charge in [0.25, 0.3) is 0 Å². The Labute approximate surface area is 98.2 Å². The highest BCUT2D eigenvalue weighted by molar-refractivity contribution is 5.49. The molecule has 1 rings (SSSR count). The van der Waals surface area contributed by atoms with E-state index in [-0.39, 0.29) is 0 Å². The van der Waals surface area contributed by atoms with Crippen molar-refractivity contribution in [2.75, 3.05) is 18.5 Å². The third-order valence-electron chi connectivity index (χ3n) is 2.39. The number of aromatic nitrogens is 1. The lowest BCUT2D eigenvalue weighted by atomic mass is 10.2. The molecule has 0 atom stereocenters. The van der Waals surface area contributed by atoms with Crippen molar-refractivity contribution in [2.24, 2.45) is 0 Å². The standard InChI is InChI=1S/C13H22N2O/c1-3-5-6-7-10-14-13-12(16-4-2)9-8-11-15-13/h8-9,11H,3-7,10H2,1-2H3,(H,14,15). The number of unbranched alkanes of at least 4 members (excludes halogenated alkanes) is 3. The molecule has 0 spiro atoms. The van der Waals surface area contributed by atoms with Crippen LogP contribution in [0.3, 0.4) is 0 Å². The topological polar surface area (TPSA) is 34.2 Å². The molecule has 1 aromatic rings. The number of nitrogens with one attached hydrogen (secondary N) is 1. The van der Waals surface area contributed by atoms with Gasteiger partial charge in [-0.3, -0.25) is 0 Å². The Bertz CT molecular complexity index is 289. The molecule has 90 valence electrons. The summed E-state index contributed by atoms with van der Waals surface area (Å²) in [5.41, 5.74) is 0. The first-order valence-electron chi connectivity index (χ1n) is 6.20. The highest BCUT2D eigenvalue weighted by Crippen LogP contribution is 2.20. The lowest BCUT2D eigenvalue weighted by Crippen LogP contribution is -2.05. The van der Waals surface area contributed by atoms with Crippen LogP contribution in [0.25, 0.3) is 0 Å². The van der Waals surface area contributed by atoms with Crippen molar-refractivity contribution in [3.8, 4) is 5.75 Å². The molecule has 0 saturated carbocycles. The maximum Gasteiger partial charge on any atom is 0.168 e. The number of hydrogen-bond acceptors (Lipinski definition) is 3. The van der Waals surface area contributed by atoms with Crippen LogP contribution >= 0.6 is 0 Å². The fraction of sp³-hybridized carbons (Fsp3) is 0.615. The van der Waals surface area contributed by atoms with Gasteiger partial charge < -0.3 is 10.1 Å². The second-order valence-corrected chi connectivity index (χ2v) is 3.77. The summed E-state index contributed by atoms with van der Waals surface area (Å²) in [7, 11) is 0. The lowest BCUT2D eigenvalue weighted by Gasteiger charge is -2.10. The third kappa shape index (κ3) is 4.51. The van der Waals surface area contributed by atoms with Crippen LogP contribution in [0.5, 0.6) is 5.75 Å². The second kappa shape index (κ2) is 7.97. The Balaban J connectivity index is 2.34. The van der Waals surface area contributed by atoms with E-state index in [1.54, 1.807) is 6.20 Å². The summed E-state index contributed by atoms with van der Waals surface area (Å²) < 4.78 is 5.49. The number of anilines is 1. The molecule has 0 amide bonds. The van der Waals surface area contributed by atoms with Gasteiger partial charge in [0.1, 0.15) is 0 Å². The summed E-state index contributed by atoms with van der Waals surface area (Å²) >= 11 is 0. The van der Waals surface area contributed by atoms with Gasteiger partial charge in [-0.15, -0.1) is 0 Å². The first kappa shape index (κ1) is 12.8. The quantitative estimate of drug-likeness (QED) is 0.684. The maximum absolute atomic E-state index is 5.49. The summed E-state index contributed by atoms with van der Waals surface area (Å²) in [5.74, 6) is 1.71. The lowest BCUT2D eigenvalue weighted by molar-refractivity contribution is 0.340. The van der Waals surface area contributed by atoms with Crippen molar-refractivity contribution < 1.29 is 4.74 Å². The van der Waals surface area contributed by atoms with Crippen LogP contribution in [-0.4, -0.2) is 18.1 Å². The summed E-state index contributed by atoms with van der Waals surface area (Å²) in [6.07, 6.45) is 6.84. The van der Waals surface area contributed by atoms with Crippen molar-refractivity contribution in [3.63, 3.8) is 0 Å². The van der Waals surface area contributed by atoms with Gasteiger partial charge in [-0.2, -0.15) is 0 Å². The summed E-state index contributed by atoms with van der Waals surface area (Å²) in [6, 6.07) is 3.85. The van der Waals surface area contributed by atoms with Crippen LogP contribution in [0.15, 0.2) is 18.3 Å². The van der Waals surface area contributed by atoms with E-state index in [1.165, 1.54) is 25.7 Å². The molecule has 3 heteroatoms. The molecule has 1 heterocycles. The van der Waals surface area contributed by atoms with E-state index in [0.29, 0.717) is 6.61 Å². The zero-order valence-corrected chi connectivity index (χ0v) is 10.3. The molecular weight excluding hydrogens is 200 g/mol. The first-order chi connectivity index (χ1) is 7.88. The molecule has 0 saturated heterocycles. The first-order valence-corrected chi connectivity index (χ1v) is 6.20. The van der Waals surface area contributed by atoms with Gasteiger partial charge in [-0.25, -0.2) is 4.98 Å². The normalized spacial score (nSPS) is 10.1. The van der Waals surface area contributed by atoms with Crippen molar-refractivity contribution in [2.45, 2.75) is 39.5 Å². The Morgan fingerprint density at radius 3 is 2.88 bits per heavy atom. The predicted octanol–water partition coefficient (Wildman–Crippen LogP) is 3.47. The van der Waals surface area contributed by atoms with Crippen molar-refractivity contribution in [3.05, 3.63) is 18.3 Å². The number of pyridine rings is 1. The van der Waals surface area contributed by atoms with Gasteiger partial charge in [-0.1, -0.05) is 26.2 Å². The van der Waals surface area contributed by atoms with Crippen molar-refractivity contribution in [1.82, 2.24) is 4.98 Å². The van der Waals surface area contributed by atoms with E-state index in [0.717, 1.165) is 18.1 Å². The molecule has 0 aliphatic rings. The highest BCUT2D eigenvalue weighted by Gasteiger charge is 2.02. The van der Waals surface area contributed by atoms with E-state index in [2.05, 4.69) is 17.2 Å². The Morgan fingerprint density at radius 1 is 1.25 bits per heavy atom. The van der Waals surface area contributed by atoms with E-state index in [4.69, 9.17) is 4.74 Å². The van der Waals surface area contributed by atoms with Gasteiger partial charge in [0.05, 0.1) is 6.61 Å². The molecule has 0 unspecified atom stereocenters. The minimum Gasteiger partial charge on any atom is -0.490 e. The van der Waals surface area contributed by atoms with E-state index in [9.17, 15) is 0 Å². The molecule has 1 N–H and O–H groups in total. The second-order valence-electron chi connectivity index (χ2n) is 3.77. The Hall–Kier alpha value is -1.25. The molecule has 1 aromatic heterocycles. The SMILES string of the molecule is CCCCCCNc1ncccc1OCC. The molecule has 0 aliphatic carbocycles. The number of rotatable bonds is 8. The van der Waals surface area contributed by atoms with Crippen molar-refractivity contribution in [1.29, 1.82) is 0 Å². The summed E-state index contributed by atoms with van der Waals surface area (Å²) in [4.78, 5) is 4.28. The Morgan fingerprint density at radius 2 is 2.12 bits per heavy atom. The number of ether oxygens (including phenoxy) is 1. The van der Waals surface area contributed by atoms with Gasteiger partial charge in [-0.05, 0) is 25.5 Å². The number of hydrogen-bond donors (Lipinski definition) is 1. The zero-order chi connectivity index (χ0) is 11.6. The minimum atomic E-state index is 0.677. The largest absolute Gasteiger partial charge is 0.490 e. The molecule has 3 nitrogen and oxygen atoms in total. The molecule has 0 aliphatic heterocycles. The van der Waals surface area contributed by atoms with Crippen LogP contribution in [-0.2, 0) is 0 Å². The zero-order valence-electron chi connectivity index (χ0n) is 10.3. The van der Waals surface area contributed by atoms with Crippen LogP contribution in [0, 0.1) is 0 Å². The van der Waals surface area contributed by atoms with E-state index >= 15 is 0 Å². The smallest absolute Gasteiger partial charge is 0.168 e. The van der Waals surface area contributed by atoms with Crippen LogP contribution in [0.1, 0.15) is 39.5 Å². The van der Waals surface area contributed by atoms with Crippen LogP contribution in [0.4, 0.5) is 5.82 Å². The van der Waals surface area contributed by atoms with E-state index in [1.807, 2.05) is 19.1 Å². The summed E-state index contributed by atoms with van der Waals surface area (Å²) in [5, 5.41) is 3.32. The summed E-state index contributed by atoms with van der Waals surface area (Å²) in [6.45, 7) is 5.85.